The van der Waals surface area contributed by atoms with Crippen molar-refractivity contribution in [2.75, 3.05) is 18.5 Å². The SMILES string of the molecule is Cc1ccccc1C1Nc2ccc(S(=O)(=O)NCC3CCCO3)cc2C2C=CCC21. The Labute approximate surface area is 178 Å². The first-order valence-corrected chi connectivity index (χ1v) is 12.3. The van der Waals surface area contributed by atoms with Crippen molar-refractivity contribution in [2.45, 2.75) is 49.1 Å². The number of hydrogen-bond acceptors (Lipinski definition) is 4. The van der Waals surface area contributed by atoms with E-state index in [1.807, 2.05) is 12.1 Å². The molecular formula is C24H28N2O3S. The molecule has 2 aromatic carbocycles. The number of sulfonamides is 1. The molecule has 6 heteroatoms. The van der Waals surface area contributed by atoms with E-state index in [0.29, 0.717) is 24.0 Å². The van der Waals surface area contributed by atoms with E-state index in [-0.39, 0.29) is 18.1 Å². The number of anilines is 1. The number of hydrogen-bond donors (Lipinski definition) is 2. The first-order chi connectivity index (χ1) is 14.5. The predicted molar refractivity (Wildman–Crippen MR) is 118 cm³/mol. The Morgan fingerprint density at radius 2 is 2.03 bits per heavy atom. The van der Waals surface area contributed by atoms with E-state index in [1.165, 1.54) is 11.1 Å². The van der Waals surface area contributed by atoms with Gasteiger partial charge in [0.25, 0.3) is 0 Å². The summed E-state index contributed by atoms with van der Waals surface area (Å²) in [4.78, 5) is 0.328. The monoisotopic (exact) mass is 424 g/mol. The van der Waals surface area contributed by atoms with E-state index in [1.54, 1.807) is 6.07 Å². The number of allylic oxidation sites excluding steroid dienone is 2. The molecule has 158 valence electrons. The molecule has 0 spiro atoms. The molecule has 0 saturated carbocycles. The van der Waals surface area contributed by atoms with Gasteiger partial charge in [0.05, 0.1) is 17.0 Å². The fraction of sp³-hybridized carbons (Fsp3) is 0.417. The molecule has 0 bridgehead atoms. The Kier molecular flexibility index (Phi) is 5.17. The van der Waals surface area contributed by atoms with E-state index >= 15 is 0 Å². The van der Waals surface area contributed by atoms with Crippen LogP contribution in [0.5, 0.6) is 0 Å². The quantitative estimate of drug-likeness (QED) is 0.703. The zero-order valence-corrected chi connectivity index (χ0v) is 18.0. The third-order valence-electron chi connectivity index (χ3n) is 6.69. The van der Waals surface area contributed by atoms with Gasteiger partial charge in [-0.05, 0) is 67.0 Å². The highest BCUT2D eigenvalue weighted by molar-refractivity contribution is 7.89. The second-order valence-electron chi connectivity index (χ2n) is 8.57. The van der Waals surface area contributed by atoms with Crippen molar-refractivity contribution in [3.8, 4) is 0 Å². The van der Waals surface area contributed by atoms with E-state index < -0.39 is 10.0 Å². The van der Waals surface area contributed by atoms with Gasteiger partial charge in [-0.15, -0.1) is 0 Å². The van der Waals surface area contributed by atoms with Crippen LogP contribution in [0, 0.1) is 12.8 Å². The van der Waals surface area contributed by atoms with Gasteiger partial charge in [0.2, 0.25) is 10.0 Å². The summed E-state index contributed by atoms with van der Waals surface area (Å²) in [6.45, 7) is 3.20. The highest BCUT2D eigenvalue weighted by Gasteiger charge is 2.38. The van der Waals surface area contributed by atoms with Gasteiger partial charge < -0.3 is 10.1 Å². The Morgan fingerprint density at radius 1 is 1.17 bits per heavy atom. The van der Waals surface area contributed by atoms with Gasteiger partial charge in [0, 0.05) is 24.8 Å². The molecule has 4 unspecified atom stereocenters. The molecule has 2 heterocycles. The lowest BCUT2D eigenvalue weighted by Crippen LogP contribution is -2.32. The molecule has 0 radical (unpaired) electrons. The van der Waals surface area contributed by atoms with Gasteiger partial charge in [-0.2, -0.15) is 0 Å². The Balaban J connectivity index is 1.44. The maximum atomic E-state index is 12.9. The van der Waals surface area contributed by atoms with Crippen LogP contribution in [-0.2, 0) is 14.8 Å². The first-order valence-electron chi connectivity index (χ1n) is 10.8. The molecule has 2 aliphatic heterocycles. The molecule has 5 nitrogen and oxygen atoms in total. The molecule has 2 aromatic rings. The van der Waals surface area contributed by atoms with Crippen LogP contribution in [0.25, 0.3) is 0 Å². The highest BCUT2D eigenvalue weighted by atomic mass is 32.2. The molecule has 3 aliphatic rings. The Morgan fingerprint density at radius 3 is 2.83 bits per heavy atom. The average Bonchev–Trinajstić information content (AvgIpc) is 3.44. The minimum Gasteiger partial charge on any atom is -0.378 e. The van der Waals surface area contributed by atoms with Crippen molar-refractivity contribution in [1.29, 1.82) is 0 Å². The van der Waals surface area contributed by atoms with Crippen molar-refractivity contribution >= 4 is 15.7 Å². The Bertz CT molecular complexity index is 1070. The summed E-state index contributed by atoms with van der Waals surface area (Å²) < 4.78 is 34.1. The van der Waals surface area contributed by atoms with Crippen LogP contribution in [0.2, 0.25) is 0 Å². The summed E-state index contributed by atoms with van der Waals surface area (Å²) in [5.41, 5.74) is 4.69. The number of nitrogens with one attached hydrogen (secondary N) is 2. The summed E-state index contributed by atoms with van der Waals surface area (Å²) in [6.07, 6.45) is 7.35. The van der Waals surface area contributed by atoms with Crippen molar-refractivity contribution in [2.24, 2.45) is 5.92 Å². The van der Waals surface area contributed by atoms with Crippen LogP contribution in [0.1, 0.15) is 47.9 Å². The topological polar surface area (TPSA) is 67.4 Å². The van der Waals surface area contributed by atoms with Gasteiger partial charge in [0.15, 0.2) is 0 Å². The van der Waals surface area contributed by atoms with Crippen molar-refractivity contribution in [3.63, 3.8) is 0 Å². The van der Waals surface area contributed by atoms with Crippen LogP contribution in [0.15, 0.2) is 59.5 Å². The largest absolute Gasteiger partial charge is 0.378 e. The van der Waals surface area contributed by atoms with Gasteiger partial charge in [-0.25, -0.2) is 13.1 Å². The van der Waals surface area contributed by atoms with Gasteiger partial charge in [0.1, 0.15) is 0 Å². The van der Waals surface area contributed by atoms with E-state index in [2.05, 4.69) is 53.4 Å². The van der Waals surface area contributed by atoms with Crippen LogP contribution < -0.4 is 10.0 Å². The highest BCUT2D eigenvalue weighted by Crippen LogP contribution is 2.50. The summed E-state index contributed by atoms with van der Waals surface area (Å²) in [7, 11) is -3.56. The van der Waals surface area contributed by atoms with Gasteiger partial charge >= 0.3 is 0 Å². The third-order valence-corrected chi connectivity index (χ3v) is 8.11. The lowest BCUT2D eigenvalue weighted by Gasteiger charge is -2.38. The number of rotatable bonds is 5. The molecule has 2 N–H and O–H groups in total. The molecular weight excluding hydrogens is 396 g/mol. The molecule has 1 aliphatic carbocycles. The third kappa shape index (κ3) is 3.57. The van der Waals surface area contributed by atoms with Gasteiger partial charge in [-0.1, -0.05) is 36.4 Å². The van der Waals surface area contributed by atoms with Crippen LogP contribution in [0.4, 0.5) is 5.69 Å². The number of aryl methyl sites for hydroxylation is 1. The maximum absolute atomic E-state index is 12.9. The predicted octanol–water partition coefficient (Wildman–Crippen LogP) is 4.28. The standard InChI is InChI=1S/C24H28N2O3S/c1-16-6-2-3-8-19(16)24-21-10-4-9-20(21)22-14-18(11-12-23(22)26-24)30(27,28)25-15-17-7-5-13-29-17/h2-4,6,8-9,11-12,14,17,20-21,24-26H,5,7,10,13,15H2,1H3. The van der Waals surface area contributed by atoms with Crippen LogP contribution >= 0.6 is 0 Å². The molecule has 30 heavy (non-hydrogen) atoms. The summed E-state index contributed by atoms with van der Waals surface area (Å²) >= 11 is 0. The minimum absolute atomic E-state index is 0.0175. The van der Waals surface area contributed by atoms with Crippen molar-refractivity contribution in [1.82, 2.24) is 4.72 Å². The second kappa shape index (κ2) is 7.84. The lowest BCUT2D eigenvalue weighted by atomic mass is 9.76. The fourth-order valence-electron chi connectivity index (χ4n) is 5.07. The molecule has 0 amide bonds. The molecule has 5 rings (SSSR count). The summed E-state index contributed by atoms with van der Waals surface area (Å²) in [6, 6.07) is 14.2. The number of ether oxygens (including phenoxy) is 1. The van der Waals surface area contributed by atoms with Crippen molar-refractivity contribution in [3.05, 3.63) is 71.3 Å². The summed E-state index contributed by atoms with van der Waals surface area (Å²) in [5, 5.41) is 3.71. The molecule has 1 fully saturated rings. The Hall–Kier alpha value is -2.15. The smallest absolute Gasteiger partial charge is 0.240 e. The van der Waals surface area contributed by atoms with Crippen molar-refractivity contribution < 1.29 is 13.2 Å². The number of fused-ring (bicyclic) bond motifs is 3. The first kappa shape index (κ1) is 19.8. The molecule has 1 saturated heterocycles. The van der Waals surface area contributed by atoms with Crippen LogP contribution in [-0.4, -0.2) is 27.7 Å². The van der Waals surface area contributed by atoms with Gasteiger partial charge in [-0.3, -0.25) is 0 Å². The average molecular weight is 425 g/mol. The lowest BCUT2D eigenvalue weighted by molar-refractivity contribution is 0.114. The minimum atomic E-state index is -3.56. The zero-order valence-electron chi connectivity index (χ0n) is 17.2. The van der Waals surface area contributed by atoms with E-state index in [9.17, 15) is 8.42 Å². The molecule has 0 aromatic heterocycles. The number of benzene rings is 2. The van der Waals surface area contributed by atoms with E-state index in [0.717, 1.165) is 30.5 Å². The fourth-order valence-corrected chi connectivity index (χ4v) is 6.18. The molecule has 4 atom stereocenters. The van der Waals surface area contributed by atoms with Crippen LogP contribution in [0.3, 0.4) is 0 Å². The maximum Gasteiger partial charge on any atom is 0.240 e. The summed E-state index contributed by atoms with van der Waals surface area (Å²) in [5.74, 6) is 0.607. The zero-order chi connectivity index (χ0) is 20.7. The normalized spacial score (nSPS) is 27.5. The second-order valence-corrected chi connectivity index (χ2v) is 10.3. The van der Waals surface area contributed by atoms with E-state index in [4.69, 9.17) is 4.74 Å².